The maximum Gasteiger partial charge on any atom is 0.522 e. The van der Waals surface area contributed by atoms with Gasteiger partial charge in [-0.2, -0.15) is 21.6 Å². The molecule has 0 unspecified atom stereocenters. The van der Waals surface area contributed by atoms with E-state index in [1.54, 1.807) is 13.8 Å². The topological polar surface area (TPSA) is 43.4 Å². The Bertz CT molecular complexity index is 232. The van der Waals surface area contributed by atoms with Crippen LogP contribution in [0.4, 0.5) is 13.2 Å². The molecule has 0 saturated carbocycles. The lowest BCUT2D eigenvalue weighted by Crippen LogP contribution is -2.27. The summed E-state index contributed by atoms with van der Waals surface area (Å²) in [5.41, 5.74) is -5.41. The van der Waals surface area contributed by atoms with Crippen LogP contribution in [0, 0.1) is 0 Å². The minimum Gasteiger partial charge on any atom is -0.316 e. The Balaban J connectivity index is 4.27. The molecule has 0 N–H and O–H groups in total. The van der Waals surface area contributed by atoms with Gasteiger partial charge in [-0.05, 0) is 5.54 Å². The standard InChI is InChI=1S/C4H9F3O3SSi/c1-3(2)12-10-11(8,9)4(5,6)7/h3H,12H2,1-2H3. The smallest absolute Gasteiger partial charge is 0.316 e. The molecule has 3 nitrogen and oxygen atoms in total. The van der Waals surface area contributed by atoms with Crippen molar-refractivity contribution in [1.82, 2.24) is 0 Å². The number of hydrogen-bond donors (Lipinski definition) is 0. The summed E-state index contributed by atoms with van der Waals surface area (Å²) in [5, 5.41) is 0. The van der Waals surface area contributed by atoms with Crippen LogP contribution in [0.25, 0.3) is 0 Å². The van der Waals surface area contributed by atoms with Gasteiger partial charge in [0, 0.05) is 0 Å². The van der Waals surface area contributed by atoms with Crippen molar-refractivity contribution in [1.29, 1.82) is 0 Å². The van der Waals surface area contributed by atoms with Crippen molar-refractivity contribution >= 4 is 19.9 Å². The Hall–Kier alpha value is -0.0831. The van der Waals surface area contributed by atoms with E-state index in [0.29, 0.717) is 0 Å². The molecular weight excluding hydrogens is 213 g/mol. The van der Waals surface area contributed by atoms with Gasteiger partial charge in [-0.25, -0.2) is 0 Å². The van der Waals surface area contributed by atoms with E-state index in [9.17, 15) is 21.6 Å². The Labute approximate surface area is 71.0 Å². The highest BCUT2D eigenvalue weighted by Gasteiger charge is 2.46. The van der Waals surface area contributed by atoms with Crippen LogP contribution in [0.2, 0.25) is 5.54 Å². The predicted octanol–water partition coefficient (Wildman–Crippen LogP) is 0.765. The summed E-state index contributed by atoms with van der Waals surface area (Å²) in [7, 11) is -6.98. The van der Waals surface area contributed by atoms with Gasteiger partial charge in [-0.15, -0.1) is 0 Å². The Kier molecular flexibility index (Phi) is 3.73. The molecule has 0 rings (SSSR count). The summed E-state index contributed by atoms with van der Waals surface area (Å²) in [6.45, 7) is 3.22. The van der Waals surface area contributed by atoms with Gasteiger partial charge in [0.1, 0.15) is 0 Å². The van der Waals surface area contributed by atoms with Crippen molar-refractivity contribution in [2.24, 2.45) is 0 Å². The Morgan fingerprint density at radius 1 is 1.33 bits per heavy atom. The zero-order valence-corrected chi connectivity index (χ0v) is 8.78. The van der Waals surface area contributed by atoms with E-state index < -0.39 is 25.4 Å². The largest absolute Gasteiger partial charge is 0.522 e. The first-order chi connectivity index (χ1) is 5.17. The first-order valence-corrected chi connectivity index (χ1v) is 5.92. The number of alkyl halides is 3. The lowest BCUT2D eigenvalue weighted by Gasteiger charge is -2.09. The van der Waals surface area contributed by atoms with Crippen LogP contribution < -0.4 is 0 Å². The summed E-state index contributed by atoms with van der Waals surface area (Å²) in [4.78, 5) is 0. The molecule has 0 aromatic rings. The Morgan fingerprint density at radius 2 is 1.75 bits per heavy atom. The molecular formula is C4H9F3O3SSi. The molecule has 0 heterocycles. The zero-order chi connectivity index (χ0) is 9.99. The van der Waals surface area contributed by atoms with E-state index in [1.807, 2.05) is 0 Å². The van der Waals surface area contributed by atoms with Crippen LogP contribution in [0.1, 0.15) is 13.8 Å². The molecule has 0 atom stereocenters. The van der Waals surface area contributed by atoms with Gasteiger partial charge in [0.15, 0.2) is 9.76 Å². The molecule has 8 heteroatoms. The first kappa shape index (κ1) is 11.9. The number of hydrogen-bond acceptors (Lipinski definition) is 3. The average Bonchev–Trinajstić information content (AvgIpc) is 1.81. The fourth-order valence-corrected chi connectivity index (χ4v) is 2.63. The molecule has 0 amide bonds. The minimum atomic E-state index is -5.33. The molecule has 0 aliphatic rings. The quantitative estimate of drug-likeness (QED) is 0.523. The van der Waals surface area contributed by atoms with E-state index in [0.717, 1.165) is 0 Å². The van der Waals surface area contributed by atoms with Gasteiger partial charge in [0.2, 0.25) is 0 Å². The summed E-state index contributed by atoms with van der Waals surface area (Å²) >= 11 is 0. The van der Waals surface area contributed by atoms with E-state index >= 15 is 0 Å². The minimum absolute atomic E-state index is 0.123. The van der Waals surface area contributed by atoms with E-state index in [1.165, 1.54) is 0 Å². The van der Waals surface area contributed by atoms with Crippen molar-refractivity contribution < 1.29 is 25.5 Å². The highest BCUT2D eigenvalue weighted by molar-refractivity contribution is 7.88. The van der Waals surface area contributed by atoms with Crippen molar-refractivity contribution in [3.05, 3.63) is 0 Å². The van der Waals surface area contributed by atoms with Crippen molar-refractivity contribution in [2.75, 3.05) is 0 Å². The van der Waals surface area contributed by atoms with Gasteiger partial charge in [0.25, 0.3) is 0 Å². The molecule has 74 valence electrons. The zero-order valence-electron chi connectivity index (χ0n) is 6.55. The molecule has 0 aromatic carbocycles. The summed E-state index contributed by atoms with van der Waals surface area (Å²) in [5.74, 6) is 0. The molecule has 12 heavy (non-hydrogen) atoms. The summed E-state index contributed by atoms with van der Waals surface area (Å²) < 4.78 is 59.1. The third-order valence-electron chi connectivity index (χ3n) is 0.840. The monoisotopic (exact) mass is 222 g/mol. The van der Waals surface area contributed by atoms with Gasteiger partial charge < -0.3 is 3.87 Å². The number of rotatable bonds is 3. The first-order valence-electron chi connectivity index (χ1n) is 3.12. The second kappa shape index (κ2) is 3.75. The van der Waals surface area contributed by atoms with Crippen molar-refractivity contribution in [3.8, 4) is 0 Å². The molecule has 0 bridgehead atoms. The van der Waals surface area contributed by atoms with E-state index in [-0.39, 0.29) is 5.54 Å². The highest BCUT2D eigenvalue weighted by Crippen LogP contribution is 2.24. The van der Waals surface area contributed by atoms with Crippen LogP contribution in [-0.4, -0.2) is 23.7 Å². The van der Waals surface area contributed by atoms with Crippen LogP contribution in [-0.2, 0) is 14.0 Å². The highest BCUT2D eigenvalue weighted by atomic mass is 32.2. The normalized spacial score (nSPS) is 14.8. The fraction of sp³-hybridized carbons (Fsp3) is 1.00. The molecule has 0 aromatic heterocycles. The average molecular weight is 222 g/mol. The maximum atomic E-state index is 11.6. The SMILES string of the molecule is CC(C)[SiH2]OS(=O)(=O)C(F)(F)F. The van der Waals surface area contributed by atoms with Gasteiger partial charge >= 0.3 is 15.6 Å². The fourth-order valence-electron chi connectivity index (χ4n) is 0.292. The maximum absolute atomic E-state index is 11.6. The molecule has 0 radical (unpaired) electrons. The predicted molar refractivity (Wildman–Crippen MR) is 39.7 cm³/mol. The molecule has 0 spiro atoms. The van der Waals surface area contributed by atoms with E-state index in [2.05, 4.69) is 3.87 Å². The third kappa shape index (κ3) is 3.54. The van der Waals surface area contributed by atoms with Crippen molar-refractivity contribution in [2.45, 2.75) is 24.9 Å². The van der Waals surface area contributed by atoms with Crippen LogP contribution in [0.3, 0.4) is 0 Å². The van der Waals surface area contributed by atoms with E-state index in [4.69, 9.17) is 0 Å². The third-order valence-corrected chi connectivity index (χ3v) is 3.86. The van der Waals surface area contributed by atoms with Gasteiger partial charge in [-0.3, -0.25) is 0 Å². The van der Waals surface area contributed by atoms with Crippen LogP contribution in [0.15, 0.2) is 0 Å². The number of halogens is 3. The summed E-state index contributed by atoms with van der Waals surface area (Å²) in [6, 6.07) is 0. The lowest BCUT2D eigenvalue weighted by atomic mass is 10.6. The van der Waals surface area contributed by atoms with Gasteiger partial charge in [-0.1, -0.05) is 13.8 Å². The second-order valence-electron chi connectivity index (χ2n) is 2.58. The molecule has 0 fully saturated rings. The molecule has 0 aliphatic carbocycles. The van der Waals surface area contributed by atoms with Gasteiger partial charge in [0.05, 0.1) is 0 Å². The lowest BCUT2D eigenvalue weighted by molar-refractivity contribution is -0.0499. The molecule has 0 aliphatic heterocycles. The van der Waals surface area contributed by atoms with Crippen molar-refractivity contribution in [3.63, 3.8) is 0 Å². The molecule has 0 saturated heterocycles. The summed E-state index contributed by atoms with van der Waals surface area (Å²) in [6.07, 6.45) is 0. The van der Waals surface area contributed by atoms with Crippen LogP contribution >= 0.6 is 0 Å². The second-order valence-corrected chi connectivity index (χ2v) is 6.86. The Morgan fingerprint density at radius 3 is 2.00 bits per heavy atom. The van der Waals surface area contributed by atoms with Crippen LogP contribution in [0.5, 0.6) is 0 Å².